The summed E-state index contributed by atoms with van der Waals surface area (Å²) in [5.41, 5.74) is 9.39. The van der Waals surface area contributed by atoms with Gasteiger partial charge in [-0.2, -0.15) is 9.61 Å². The van der Waals surface area contributed by atoms with Crippen molar-refractivity contribution in [3.8, 4) is 22.4 Å². The number of H-pyrrole nitrogens is 1. The average molecular weight is 588 g/mol. The molecule has 2 bridgehead atoms. The summed E-state index contributed by atoms with van der Waals surface area (Å²) in [6.07, 6.45) is 8.31. The molecule has 12 nitrogen and oxygen atoms in total. The quantitative estimate of drug-likeness (QED) is 0.314. The molecular weight excluding hydrogens is 561 g/mol. The van der Waals surface area contributed by atoms with Gasteiger partial charge in [-0.3, -0.25) is 9.78 Å². The molecule has 2 aliphatic rings. The zero-order valence-electron chi connectivity index (χ0n) is 22.5. The van der Waals surface area contributed by atoms with E-state index in [0.717, 1.165) is 19.1 Å². The summed E-state index contributed by atoms with van der Waals surface area (Å²) in [5, 5.41) is 12.0. The third-order valence-corrected chi connectivity index (χ3v) is 9.39. The molecule has 14 heteroatoms. The smallest absolute Gasteiger partial charge is 0.292 e. The van der Waals surface area contributed by atoms with Crippen LogP contribution in [0.2, 0.25) is 0 Å². The van der Waals surface area contributed by atoms with E-state index in [-0.39, 0.29) is 46.3 Å². The number of fused-ring (bicyclic) bond motifs is 3. The van der Waals surface area contributed by atoms with E-state index in [1.807, 2.05) is 4.90 Å². The number of nitrogens with one attached hydrogen (secondary N) is 1. The van der Waals surface area contributed by atoms with E-state index < -0.39 is 9.84 Å². The highest BCUT2D eigenvalue weighted by Gasteiger charge is 2.46. The van der Waals surface area contributed by atoms with Crippen molar-refractivity contribution in [1.82, 2.24) is 39.7 Å². The topological polar surface area (TPSA) is 165 Å². The Kier molecular flexibility index (Phi) is 6.04. The zero-order chi connectivity index (χ0) is 29.2. The van der Waals surface area contributed by atoms with Crippen LogP contribution >= 0.6 is 0 Å². The number of piperidine rings is 1. The summed E-state index contributed by atoms with van der Waals surface area (Å²) in [6.45, 7) is 0. The second-order valence-corrected chi connectivity index (χ2v) is 12.7. The molecule has 3 atom stereocenters. The number of benzene rings is 1. The van der Waals surface area contributed by atoms with Crippen molar-refractivity contribution in [2.24, 2.45) is 0 Å². The van der Waals surface area contributed by atoms with Crippen molar-refractivity contribution in [1.29, 1.82) is 0 Å². The standard InChI is InChI=1S/C28H26FN9O3S/c1-42(40,41)24-23(16-10-17-7-8-18(11-16)37(17)28(39)26-32-14-33-36-26)35-27-20(13-34-38(27)25(24)30)15-6-9-22(31-12-15)19-4-2-3-5-21(19)29/h2-6,9,12-14,16-18H,7-8,10-11,30H2,1H3,(H,32,33,36)/t16-,17-,18+. The number of carbonyl (C=O) groups is 1. The first-order chi connectivity index (χ1) is 20.2. The van der Waals surface area contributed by atoms with Crippen molar-refractivity contribution in [3.05, 3.63) is 72.5 Å². The number of hydrogen-bond acceptors (Lipinski definition) is 9. The van der Waals surface area contributed by atoms with Crippen molar-refractivity contribution >= 4 is 27.2 Å². The number of nitrogens with zero attached hydrogens (tertiary/aromatic N) is 7. The molecule has 1 aromatic carbocycles. The summed E-state index contributed by atoms with van der Waals surface area (Å²) in [7, 11) is -3.78. The van der Waals surface area contributed by atoms with E-state index >= 15 is 0 Å². The van der Waals surface area contributed by atoms with Gasteiger partial charge in [-0.15, -0.1) is 10.2 Å². The predicted octanol–water partition coefficient (Wildman–Crippen LogP) is 3.25. The van der Waals surface area contributed by atoms with Crippen LogP contribution in [0.1, 0.15) is 47.9 Å². The lowest BCUT2D eigenvalue weighted by atomic mass is 9.87. The lowest BCUT2D eigenvalue weighted by molar-refractivity contribution is 0.0556. The highest BCUT2D eigenvalue weighted by Crippen LogP contribution is 2.45. The molecule has 2 aliphatic heterocycles. The van der Waals surface area contributed by atoms with Gasteiger partial charge >= 0.3 is 0 Å². The summed E-state index contributed by atoms with van der Waals surface area (Å²) in [4.78, 5) is 27.1. The van der Waals surface area contributed by atoms with Crippen molar-refractivity contribution in [2.75, 3.05) is 12.0 Å². The van der Waals surface area contributed by atoms with E-state index in [0.29, 0.717) is 46.6 Å². The minimum absolute atomic E-state index is 0.0211. The highest BCUT2D eigenvalue weighted by molar-refractivity contribution is 7.91. The fraction of sp³-hybridized carbons (Fsp3) is 0.286. The Morgan fingerprint density at radius 3 is 2.48 bits per heavy atom. The lowest BCUT2D eigenvalue weighted by Gasteiger charge is -2.38. The molecule has 0 radical (unpaired) electrons. The molecule has 4 aromatic heterocycles. The minimum Gasteiger partial charge on any atom is -0.382 e. The zero-order valence-corrected chi connectivity index (χ0v) is 23.3. The van der Waals surface area contributed by atoms with Crippen molar-refractivity contribution < 1.29 is 17.6 Å². The number of nitrogen functional groups attached to an aromatic ring is 1. The Morgan fingerprint density at radius 1 is 1.07 bits per heavy atom. The molecule has 42 heavy (non-hydrogen) atoms. The van der Waals surface area contributed by atoms with Gasteiger partial charge in [0.1, 0.15) is 22.9 Å². The number of carbonyl (C=O) groups excluding carboxylic acids is 1. The van der Waals surface area contributed by atoms with Crippen LogP contribution in [-0.2, 0) is 9.84 Å². The monoisotopic (exact) mass is 587 g/mol. The largest absolute Gasteiger partial charge is 0.382 e. The maximum Gasteiger partial charge on any atom is 0.292 e. The second kappa shape index (κ2) is 9.69. The van der Waals surface area contributed by atoms with Gasteiger partial charge in [0.25, 0.3) is 5.91 Å². The van der Waals surface area contributed by atoms with E-state index in [1.54, 1.807) is 42.7 Å². The number of hydrogen-bond donors (Lipinski definition) is 2. The molecule has 6 heterocycles. The maximum atomic E-state index is 14.3. The van der Waals surface area contributed by atoms with Gasteiger partial charge in [0.2, 0.25) is 5.82 Å². The normalized spacial score (nSPS) is 20.3. The minimum atomic E-state index is -3.78. The summed E-state index contributed by atoms with van der Waals surface area (Å²) in [6, 6.07) is 9.71. The molecule has 2 fully saturated rings. The Bertz CT molecular complexity index is 1930. The first-order valence-corrected chi connectivity index (χ1v) is 15.4. The number of rotatable bonds is 5. The number of halogens is 1. The Labute approximate surface area is 239 Å². The number of anilines is 1. The fourth-order valence-corrected chi connectivity index (χ4v) is 7.48. The molecule has 0 saturated carbocycles. The fourth-order valence-electron chi connectivity index (χ4n) is 6.42. The third kappa shape index (κ3) is 4.21. The number of amides is 1. The molecule has 2 saturated heterocycles. The molecule has 0 spiro atoms. The number of nitrogens with two attached hydrogens (primary N) is 1. The van der Waals surface area contributed by atoms with Crippen molar-refractivity contribution in [3.63, 3.8) is 0 Å². The molecule has 3 N–H and O–H groups in total. The molecule has 0 unspecified atom stereocenters. The van der Waals surface area contributed by atoms with Gasteiger partial charge in [-0.05, 0) is 43.9 Å². The van der Waals surface area contributed by atoms with Crippen LogP contribution < -0.4 is 5.73 Å². The van der Waals surface area contributed by atoms with Gasteiger partial charge in [0.15, 0.2) is 15.5 Å². The lowest BCUT2D eigenvalue weighted by Crippen LogP contribution is -2.46. The summed E-state index contributed by atoms with van der Waals surface area (Å²) < 4.78 is 41.7. The van der Waals surface area contributed by atoms with Crippen molar-refractivity contribution in [2.45, 2.75) is 48.6 Å². The van der Waals surface area contributed by atoms with Gasteiger partial charge in [-0.1, -0.05) is 18.2 Å². The molecule has 214 valence electrons. The molecular formula is C28H26FN9O3S. The summed E-state index contributed by atoms with van der Waals surface area (Å²) in [5.74, 6) is -0.669. The van der Waals surface area contributed by atoms with Gasteiger partial charge in [0.05, 0.1) is 17.6 Å². The number of aromatic nitrogens is 7. The van der Waals surface area contributed by atoms with Gasteiger partial charge < -0.3 is 15.6 Å². The van der Waals surface area contributed by atoms with Crippen LogP contribution in [0.3, 0.4) is 0 Å². The SMILES string of the molecule is CS(=O)(=O)c1c([C@@H]2C[C@H]3CC[C@@H](C2)N3C(=O)c2nnc[nH]2)nc2c(-c3ccc(-c4ccccc4F)nc3)cnn2c1N. The Hall–Kier alpha value is -4.72. The third-order valence-electron chi connectivity index (χ3n) is 8.23. The van der Waals surface area contributed by atoms with Crippen LogP contribution in [0, 0.1) is 5.82 Å². The maximum absolute atomic E-state index is 14.3. The van der Waals surface area contributed by atoms with Crippen LogP contribution in [0.15, 0.2) is 60.0 Å². The van der Waals surface area contributed by atoms with Crippen LogP contribution in [0.5, 0.6) is 0 Å². The van der Waals surface area contributed by atoms with Gasteiger partial charge in [0, 0.05) is 47.1 Å². The van der Waals surface area contributed by atoms with E-state index in [2.05, 4.69) is 25.3 Å². The van der Waals surface area contributed by atoms with Gasteiger partial charge in [-0.25, -0.2) is 17.8 Å². The first-order valence-electron chi connectivity index (χ1n) is 13.5. The van der Waals surface area contributed by atoms with E-state index in [1.165, 1.54) is 16.9 Å². The van der Waals surface area contributed by atoms with E-state index in [9.17, 15) is 17.6 Å². The predicted molar refractivity (Wildman–Crippen MR) is 150 cm³/mol. The number of pyridine rings is 1. The summed E-state index contributed by atoms with van der Waals surface area (Å²) >= 11 is 0. The number of aromatic amines is 1. The molecule has 7 rings (SSSR count). The first kappa shape index (κ1) is 26.2. The Balaban J connectivity index is 1.28. The van der Waals surface area contributed by atoms with Crippen LogP contribution in [-0.4, -0.2) is 72.3 Å². The average Bonchev–Trinajstić information content (AvgIpc) is 3.71. The molecule has 1 amide bonds. The van der Waals surface area contributed by atoms with E-state index in [4.69, 9.17) is 10.7 Å². The molecule has 5 aromatic rings. The van der Waals surface area contributed by atoms with Crippen LogP contribution in [0.25, 0.3) is 28.0 Å². The Morgan fingerprint density at radius 2 is 1.83 bits per heavy atom. The highest BCUT2D eigenvalue weighted by atomic mass is 32.2. The molecule has 0 aliphatic carbocycles. The second-order valence-electron chi connectivity index (χ2n) is 10.8. The number of sulfone groups is 1. The van der Waals surface area contributed by atoms with Crippen LogP contribution in [0.4, 0.5) is 10.2 Å².